The molecule has 1 aliphatic heterocycles. The van der Waals surface area contributed by atoms with E-state index in [0.29, 0.717) is 12.8 Å². The minimum absolute atomic E-state index is 0.00177. The van der Waals surface area contributed by atoms with E-state index in [-0.39, 0.29) is 30.6 Å². The van der Waals surface area contributed by atoms with Gasteiger partial charge in [-0.3, -0.25) is 13.9 Å². The lowest BCUT2D eigenvalue weighted by molar-refractivity contribution is -0.121. The fourth-order valence-electron chi connectivity index (χ4n) is 5.10. The topological polar surface area (TPSA) is 167 Å². The number of hydrogen-bond donors (Lipinski definition) is 4. The third kappa shape index (κ3) is 15.4. The molecule has 5 atom stereocenters. The number of benzene rings is 1. The van der Waals surface area contributed by atoms with E-state index < -0.39 is 50.0 Å². The molecule has 1 aromatic heterocycles. The monoisotopic (exact) mass is 759 g/mol. The lowest BCUT2D eigenvalue weighted by Crippen LogP contribution is -2.43. The first-order valence-electron chi connectivity index (χ1n) is 17.8. The van der Waals surface area contributed by atoms with Gasteiger partial charge in [-0.1, -0.05) is 67.7 Å². The normalized spacial score (nSPS) is 21.8. The zero-order valence-corrected chi connectivity index (χ0v) is 31.2. The maximum atomic E-state index is 15.6. The van der Waals surface area contributed by atoms with Gasteiger partial charge in [0, 0.05) is 25.7 Å². The van der Waals surface area contributed by atoms with E-state index in [0.717, 1.165) is 62.1 Å². The Bertz CT molecular complexity index is 1680. The van der Waals surface area contributed by atoms with Crippen LogP contribution >= 0.6 is 7.75 Å². The molecule has 53 heavy (non-hydrogen) atoms. The number of amides is 1. The number of carbonyl (C=O) groups excluding carboxylic acids is 1. The van der Waals surface area contributed by atoms with E-state index in [2.05, 4.69) is 77.0 Å². The fraction of sp³-hybridized carbons (Fsp3) is 0.447. The number of nitrogen functional groups attached to an aromatic ring is 1. The van der Waals surface area contributed by atoms with Crippen LogP contribution in [0.4, 0.5) is 14.6 Å². The van der Waals surface area contributed by atoms with Gasteiger partial charge >= 0.3 is 13.4 Å². The molecule has 1 aliphatic rings. The molecule has 1 aromatic carbocycles. The van der Waals surface area contributed by atoms with Crippen molar-refractivity contribution in [2.75, 3.05) is 25.4 Å². The number of aliphatic hydroxyl groups is 1. The summed E-state index contributed by atoms with van der Waals surface area (Å²) in [6.45, 7) is 2.56. The smallest absolute Gasteiger partial charge is 0.413 e. The van der Waals surface area contributed by atoms with Gasteiger partial charge in [0.05, 0.1) is 6.61 Å². The molecule has 3 rings (SSSR count). The summed E-state index contributed by atoms with van der Waals surface area (Å²) in [5, 5.41) is 16.1. The molecule has 5 N–H and O–H groups in total. The summed E-state index contributed by atoms with van der Waals surface area (Å²) in [5.41, 5.74) is 2.16. The first-order chi connectivity index (χ1) is 25.4. The van der Waals surface area contributed by atoms with E-state index in [1.54, 1.807) is 0 Å². The Kier molecular flexibility index (Phi) is 18.6. The quantitative estimate of drug-likeness (QED) is 0.0539. The van der Waals surface area contributed by atoms with Crippen molar-refractivity contribution in [3.63, 3.8) is 0 Å². The number of nitrogens with one attached hydrogen (secondary N) is 2. The van der Waals surface area contributed by atoms with Gasteiger partial charge in [0.25, 0.3) is 0 Å². The van der Waals surface area contributed by atoms with Crippen LogP contribution in [0.25, 0.3) is 0 Å². The zero-order chi connectivity index (χ0) is 38.5. The summed E-state index contributed by atoms with van der Waals surface area (Å²) in [6.07, 6.45) is 24.1. The highest BCUT2D eigenvalue weighted by Gasteiger charge is 2.55. The molecule has 0 spiro atoms. The van der Waals surface area contributed by atoms with E-state index in [9.17, 15) is 23.7 Å². The number of allylic oxidation sites excluding steroid dienone is 10. The molecule has 12 nitrogen and oxygen atoms in total. The van der Waals surface area contributed by atoms with Gasteiger partial charge < -0.3 is 25.4 Å². The summed E-state index contributed by atoms with van der Waals surface area (Å²) >= 11 is 0. The molecule has 15 heteroatoms. The molecular formula is C38H52F2N5O7P. The number of unbranched alkanes of at least 4 members (excludes halogenated alkanes) is 1. The van der Waals surface area contributed by atoms with Gasteiger partial charge in [0.1, 0.15) is 29.6 Å². The summed E-state index contributed by atoms with van der Waals surface area (Å²) in [5.74, 6) is -0.819. The molecule has 1 saturated heterocycles. The molecule has 0 radical (unpaired) electrons. The van der Waals surface area contributed by atoms with Crippen LogP contribution in [0.1, 0.15) is 71.4 Å². The number of ether oxygens (including phenoxy) is 1. The van der Waals surface area contributed by atoms with E-state index in [4.69, 9.17) is 19.5 Å². The van der Waals surface area contributed by atoms with E-state index in [1.165, 1.54) is 24.4 Å². The second kappa shape index (κ2) is 22.8. The molecule has 1 fully saturated rings. The summed E-state index contributed by atoms with van der Waals surface area (Å²) in [7, 11) is -4.26. The molecule has 0 saturated carbocycles. The number of alkyl halides is 1. The number of carbonyl (C=O) groups is 1. The Morgan fingerprint density at radius 3 is 2.23 bits per heavy atom. The molecular weight excluding hydrogens is 707 g/mol. The summed E-state index contributed by atoms with van der Waals surface area (Å²) in [4.78, 5) is 28.3. The maximum Gasteiger partial charge on any atom is 0.458 e. The first-order valence-corrected chi connectivity index (χ1v) is 19.3. The van der Waals surface area contributed by atoms with Crippen LogP contribution in [0.15, 0.2) is 102 Å². The van der Waals surface area contributed by atoms with Gasteiger partial charge in [0.15, 0.2) is 11.9 Å². The minimum atomic E-state index is -4.26. The van der Waals surface area contributed by atoms with Crippen molar-refractivity contribution in [3.8, 4) is 5.75 Å². The second-order valence-corrected chi connectivity index (χ2v) is 14.1. The summed E-state index contributed by atoms with van der Waals surface area (Å²) < 4.78 is 60.4. The maximum absolute atomic E-state index is 15.6. The molecule has 1 unspecified atom stereocenters. The number of halogens is 2. The van der Waals surface area contributed by atoms with Crippen molar-refractivity contribution in [1.82, 2.24) is 20.0 Å². The zero-order valence-electron chi connectivity index (χ0n) is 30.3. The number of nitrogens with two attached hydrogens (primary N) is 1. The second-order valence-electron chi connectivity index (χ2n) is 12.4. The Hall–Kier alpha value is -4.20. The van der Waals surface area contributed by atoms with Crippen LogP contribution in [0, 0.1) is 5.82 Å². The Morgan fingerprint density at radius 1 is 1.02 bits per heavy atom. The largest absolute Gasteiger partial charge is 0.458 e. The molecule has 1 amide bonds. The first kappa shape index (κ1) is 43.2. The Labute approximate surface area is 310 Å². The van der Waals surface area contributed by atoms with Crippen LogP contribution in [-0.4, -0.2) is 58.1 Å². The molecule has 0 aliphatic carbocycles. The van der Waals surface area contributed by atoms with Crippen LogP contribution in [-0.2, 0) is 18.6 Å². The van der Waals surface area contributed by atoms with Gasteiger partial charge in [-0.15, -0.1) is 0 Å². The van der Waals surface area contributed by atoms with Crippen LogP contribution in [0.2, 0.25) is 0 Å². The molecule has 2 heterocycles. The number of aromatic nitrogens is 2. The minimum Gasteiger partial charge on any atom is -0.413 e. The number of hydrogen-bond acceptors (Lipinski definition) is 9. The molecule has 2 aromatic rings. The van der Waals surface area contributed by atoms with E-state index >= 15 is 4.39 Å². The Balaban J connectivity index is 1.40. The fourth-order valence-corrected chi connectivity index (χ4v) is 6.43. The van der Waals surface area contributed by atoms with Crippen molar-refractivity contribution in [1.29, 1.82) is 0 Å². The van der Waals surface area contributed by atoms with Crippen molar-refractivity contribution in [2.45, 2.75) is 89.3 Å². The lowest BCUT2D eigenvalue weighted by atomic mass is 9.98. The van der Waals surface area contributed by atoms with E-state index in [1.807, 2.05) is 6.08 Å². The highest BCUT2D eigenvalue weighted by molar-refractivity contribution is 7.52. The number of rotatable bonds is 23. The van der Waals surface area contributed by atoms with Gasteiger partial charge in [-0.25, -0.2) is 23.2 Å². The third-order valence-corrected chi connectivity index (χ3v) is 9.51. The van der Waals surface area contributed by atoms with Gasteiger partial charge in [-0.2, -0.15) is 4.98 Å². The summed E-state index contributed by atoms with van der Waals surface area (Å²) in [6, 6.07) is 5.95. The lowest BCUT2D eigenvalue weighted by Gasteiger charge is -2.25. The standard InChI is InChI=1S/C38H52F2N5O7P/c1-3-4-5-6-7-8-9-10-11-12-13-14-15-16-17-18-19-20-34(46)42-26-27-43-53(49,52-31-23-21-30(39)22-24-31)50-29-32-35(47)38(2,40)36(51-32)45-28-25-33(41)44-37(45)48/h4-5,7-8,10-11,13-14,16-17,21-25,28,32,35-36,47H,3,6,9,12,15,18-20,26-27,29H2,1-2H3,(H,42,46)(H,43,49)(H2,41,44,48)/b5-4-,8-7-,11-10-,14-13-,17-16-/t32-,35-,36-,38-,53?/m1/s1. The number of anilines is 1. The highest BCUT2D eigenvalue weighted by Crippen LogP contribution is 2.47. The molecule has 0 bridgehead atoms. The average molecular weight is 760 g/mol. The van der Waals surface area contributed by atoms with Crippen LogP contribution in [0.3, 0.4) is 0 Å². The van der Waals surface area contributed by atoms with Crippen LogP contribution in [0.5, 0.6) is 5.75 Å². The number of nitrogens with zero attached hydrogens (tertiary/aromatic N) is 2. The number of aliphatic hydroxyl groups excluding tert-OH is 1. The van der Waals surface area contributed by atoms with Crippen molar-refractivity contribution in [3.05, 3.63) is 114 Å². The van der Waals surface area contributed by atoms with Gasteiger partial charge in [-0.05, 0) is 82.2 Å². The van der Waals surface area contributed by atoms with Crippen LogP contribution < -0.4 is 26.4 Å². The third-order valence-electron chi connectivity index (χ3n) is 7.95. The predicted octanol–water partition coefficient (Wildman–Crippen LogP) is 6.78. The Morgan fingerprint density at radius 2 is 1.62 bits per heavy atom. The van der Waals surface area contributed by atoms with Crippen molar-refractivity contribution in [2.24, 2.45) is 0 Å². The highest BCUT2D eigenvalue weighted by atomic mass is 31.2. The predicted molar refractivity (Wildman–Crippen MR) is 202 cm³/mol. The van der Waals surface area contributed by atoms with Gasteiger partial charge in [0.2, 0.25) is 5.91 Å². The SMILES string of the molecule is CC/C=C\C/C=C\C/C=C\C/C=C\C/C=C\CCCC(=O)NCCNP(=O)(OC[C@H]1O[C@@H](n2ccc(N)nc2=O)[C@](C)(F)[C@@H]1O)Oc1ccc(F)cc1. The van der Waals surface area contributed by atoms with Crippen molar-refractivity contribution >= 4 is 19.5 Å². The van der Waals surface area contributed by atoms with Crippen molar-refractivity contribution < 1.29 is 37.0 Å². The average Bonchev–Trinajstić information content (AvgIpc) is 3.35. The molecule has 290 valence electrons.